The van der Waals surface area contributed by atoms with Crippen molar-refractivity contribution in [3.05, 3.63) is 48.5 Å². The Morgan fingerprint density at radius 1 is 0.643 bits per heavy atom. The molecule has 3 aromatic rings. The Balaban J connectivity index is 0.000000750. The van der Waals surface area contributed by atoms with Crippen LogP contribution >= 0.6 is 0 Å². The van der Waals surface area contributed by atoms with E-state index in [1.807, 2.05) is 0 Å². The molecule has 0 aliphatic rings. The Hall–Kier alpha value is -1.54. The van der Waals surface area contributed by atoms with Gasteiger partial charge in [0.2, 0.25) is 0 Å². The number of fused-ring (bicyclic) bond motifs is 3. The average Bonchev–Trinajstić information content (AvgIpc) is 2.56. The third kappa shape index (κ3) is 1.15. The van der Waals surface area contributed by atoms with Crippen LogP contribution in [0.2, 0.25) is 0 Å². The normalized spacial score (nSPS) is 10.3. The number of para-hydroxylation sites is 2. The Labute approximate surface area is 86.8 Å². The number of hydrogen-bond donors (Lipinski definition) is 1. The number of rotatable bonds is 0. The highest BCUT2D eigenvalue weighted by atomic mass is 28.1. The number of aromatic nitrogens is 1. The molecule has 0 aliphatic heterocycles. The van der Waals surface area contributed by atoms with Gasteiger partial charge < -0.3 is 4.98 Å². The molecule has 1 nitrogen and oxygen atoms in total. The van der Waals surface area contributed by atoms with E-state index < -0.39 is 0 Å². The number of H-pyrrole nitrogens is 1. The van der Waals surface area contributed by atoms with E-state index in [4.69, 9.17) is 0 Å². The van der Waals surface area contributed by atoms with Crippen molar-refractivity contribution in [3.63, 3.8) is 0 Å². The first-order valence-corrected chi connectivity index (χ1v) is 4.40. The summed E-state index contributed by atoms with van der Waals surface area (Å²) in [7, 11) is 0. The number of nitrogens with one attached hydrogen (secondary N) is 1. The van der Waals surface area contributed by atoms with E-state index in [0.717, 1.165) is 0 Å². The van der Waals surface area contributed by atoms with Crippen LogP contribution in [0.25, 0.3) is 21.8 Å². The van der Waals surface area contributed by atoms with Crippen LogP contribution in [0.1, 0.15) is 0 Å². The van der Waals surface area contributed by atoms with Crippen LogP contribution < -0.4 is 0 Å². The van der Waals surface area contributed by atoms with Gasteiger partial charge in [-0.3, -0.25) is 0 Å². The topological polar surface area (TPSA) is 15.8 Å². The summed E-state index contributed by atoms with van der Waals surface area (Å²) in [6.07, 6.45) is 0. The Kier molecular flexibility index (Phi) is 2.13. The minimum atomic E-state index is 0. The fourth-order valence-corrected chi connectivity index (χ4v) is 1.80. The van der Waals surface area contributed by atoms with Gasteiger partial charge in [0, 0.05) is 21.8 Å². The molecule has 0 spiro atoms. The van der Waals surface area contributed by atoms with Crippen LogP contribution in [0.5, 0.6) is 0 Å². The Bertz CT molecular complexity index is 518. The number of hydrogen-bond acceptors (Lipinski definition) is 0. The first-order chi connectivity index (χ1) is 6.45. The van der Waals surface area contributed by atoms with Crippen LogP contribution in [0, 0.1) is 0 Å². The molecule has 1 aromatic heterocycles. The maximum absolute atomic E-state index is 3.38. The fraction of sp³-hybridized carbons (Fsp3) is 0. The molecular weight excluding hydrogens is 186 g/mol. The van der Waals surface area contributed by atoms with Gasteiger partial charge in [-0.1, -0.05) is 36.4 Å². The molecule has 0 radical (unpaired) electrons. The van der Waals surface area contributed by atoms with Crippen molar-refractivity contribution < 1.29 is 0 Å². The molecule has 0 amide bonds. The second-order valence-corrected chi connectivity index (χ2v) is 3.22. The summed E-state index contributed by atoms with van der Waals surface area (Å²) < 4.78 is 0. The van der Waals surface area contributed by atoms with Gasteiger partial charge in [-0.2, -0.15) is 0 Å². The predicted molar refractivity (Wildman–Crippen MR) is 67.1 cm³/mol. The van der Waals surface area contributed by atoms with E-state index in [2.05, 4.69) is 53.5 Å². The molecule has 0 saturated carbocycles. The lowest BCUT2D eigenvalue weighted by atomic mass is 10.2. The van der Waals surface area contributed by atoms with Gasteiger partial charge >= 0.3 is 0 Å². The highest BCUT2D eigenvalue weighted by Gasteiger charge is 2.00. The van der Waals surface area contributed by atoms with Gasteiger partial charge in [0.1, 0.15) is 0 Å². The molecular formula is C12H13NSi. The molecule has 1 N–H and O–H groups in total. The summed E-state index contributed by atoms with van der Waals surface area (Å²) in [4.78, 5) is 3.38. The quantitative estimate of drug-likeness (QED) is 0.532. The van der Waals surface area contributed by atoms with Gasteiger partial charge in [0.05, 0.1) is 0 Å². The zero-order chi connectivity index (χ0) is 8.67. The predicted octanol–water partition coefficient (Wildman–Crippen LogP) is 1.87. The standard InChI is InChI=1S/C12H9N.H4Si/c1-3-7-11-9(5-1)10-6-2-4-8-12(10)13-11;/h1-8,13H;1H4. The van der Waals surface area contributed by atoms with E-state index in [1.165, 1.54) is 21.8 Å². The van der Waals surface area contributed by atoms with Crippen LogP contribution in [-0.4, -0.2) is 15.9 Å². The molecule has 1 heterocycles. The van der Waals surface area contributed by atoms with Gasteiger partial charge in [-0.15, -0.1) is 0 Å². The lowest BCUT2D eigenvalue weighted by Gasteiger charge is -1.87. The highest BCUT2D eigenvalue weighted by Crippen LogP contribution is 2.24. The molecule has 0 atom stereocenters. The van der Waals surface area contributed by atoms with Gasteiger partial charge in [0.25, 0.3) is 0 Å². The summed E-state index contributed by atoms with van der Waals surface area (Å²) >= 11 is 0. The van der Waals surface area contributed by atoms with E-state index >= 15 is 0 Å². The third-order valence-corrected chi connectivity index (χ3v) is 2.41. The SMILES string of the molecule is [SiH4].c1ccc2c(c1)[nH]c1ccccc12. The minimum absolute atomic E-state index is 0. The molecule has 0 unspecified atom stereocenters. The van der Waals surface area contributed by atoms with Crippen LogP contribution in [0.15, 0.2) is 48.5 Å². The lowest BCUT2D eigenvalue weighted by molar-refractivity contribution is 1.55. The van der Waals surface area contributed by atoms with Crippen LogP contribution in [-0.2, 0) is 0 Å². The average molecular weight is 199 g/mol. The molecule has 14 heavy (non-hydrogen) atoms. The van der Waals surface area contributed by atoms with E-state index in [9.17, 15) is 0 Å². The number of benzene rings is 2. The zero-order valence-electron chi connectivity index (χ0n) is 7.12. The van der Waals surface area contributed by atoms with Crippen molar-refractivity contribution in [2.24, 2.45) is 0 Å². The van der Waals surface area contributed by atoms with Crippen molar-refractivity contribution in [2.75, 3.05) is 0 Å². The minimum Gasteiger partial charge on any atom is -0.355 e. The Morgan fingerprint density at radius 2 is 1.07 bits per heavy atom. The maximum Gasteiger partial charge on any atom is 0.0464 e. The summed E-state index contributed by atoms with van der Waals surface area (Å²) in [6.45, 7) is 0. The first-order valence-electron chi connectivity index (χ1n) is 4.40. The van der Waals surface area contributed by atoms with Crippen LogP contribution in [0.3, 0.4) is 0 Å². The molecule has 0 fully saturated rings. The molecule has 0 bridgehead atoms. The summed E-state index contributed by atoms with van der Waals surface area (Å²) in [6, 6.07) is 16.8. The first kappa shape index (κ1) is 9.03. The summed E-state index contributed by atoms with van der Waals surface area (Å²) in [5.74, 6) is 0. The highest BCUT2D eigenvalue weighted by molar-refractivity contribution is 6.06. The second kappa shape index (κ2) is 3.31. The lowest BCUT2D eigenvalue weighted by Crippen LogP contribution is -1.62. The van der Waals surface area contributed by atoms with Crippen molar-refractivity contribution in [1.29, 1.82) is 0 Å². The third-order valence-electron chi connectivity index (χ3n) is 2.41. The van der Waals surface area contributed by atoms with Crippen molar-refractivity contribution >= 4 is 32.8 Å². The van der Waals surface area contributed by atoms with Crippen molar-refractivity contribution in [1.82, 2.24) is 4.98 Å². The fourth-order valence-electron chi connectivity index (χ4n) is 1.80. The largest absolute Gasteiger partial charge is 0.355 e. The molecule has 0 aliphatic carbocycles. The summed E-state index contributed by atoms with van der Waals surface area (Å²) in [5.41, 5.74) is 2.42. The summed E-state index contributed by atoms with van der Waals surface area (Å²) in [5, 5.41) is 2.61. The van der Waals surface area contributed by atoms with E-state index in [-0.39, 0.29) is 11.0 Å². The molecule has 2 heteroatoms. The smallest absolute Gasteiger partial charge is 0.0464 e. The van der Waals surface area contributed by atoms with Gasteiger partial charge in [-0.25, -0.2) is 0 Å². The molecule has 70 valence electrons. The van der Waals surface area contributed by atoms with Crippen molar-refractivity contribution in [3.8, 4) is 0 Å². The van der Waals surface area contributed by atoms with Gasteiger partial charge in [-0.05, 0) is 23.1 Å². The Morgan fingerprint density at radius 3 is 1.57 bits per heavy atom. The van der Waals surface area contributed by atoms with E-state index in [0.29, 0.717) is 0 Å². The van der Waals surface area contributed by atoms with Crippen molar-refractivity contribution in [2.45, 2.75) is 0 Å². The molecule has 2 aromatic carbocycles. The zero-order valence-corrected chi connectivity index (χ0v) is 7.12. The van der Waals surface area contributed by atoms with E-state index in [1.54, 1.807) is 0 Å². The maximum atomic E-state index is 3.38. The van der Waals surface area contributed by atoms with Crippen LogP contribution in [0.4, 0.5) is 0 Å². The number of aromatic amines is 1. The monoisotopic (exact) mass is 199 g/mol. The van der Waals surface area contributed by atoms with Gasteiger partial charge in [0.15, 0.2) is 0 Å². The molecule has 0 saturated heterocycles. The molecule has 3 rings (SSSR count). The second-order valence-electron chi connectivity index (χ2n) is 3.22.